The average Bonchev–Trinajstić information content (AvgIpc) is 3.69. The summed E-state index contributed by atoms with van der Waals surface area (Å²) >= 11 is 3.47. The molecule has 2 saturated heterocycles. The van der Waals surface area contributed by atoms with Crippen LogP contribution in [-0.2, 0) is 0 Å². The van der Waals surface area contributed by atoms with Gasteiger partial charge in [0.05, 0.1) is 11.1 Å². The molecule has 196 valence electrons. The van der Waals surface area contributed by atoms with Gasteiger partial charge >= 0.3 is 0 Å². The zero-order valence-corrected chi connectivity index (χ0v) is 22.9. The van der Waals surface area contributed by atoms with E-state index in [-0.39, 0.29) is 29.7 Å². The van der Waals surface area contributed by atoms with Crippen LogP contribution >= 0.6 is 15.9 Å². The highest BCUT2D eigenvalue weighted by Crippen LogP contribution is 2.39. The van der Waals surface area contributed by atoms with Crippen LogP contribution in [0.3, 0.4) is 0 Å². The van der Waals surface area contributed by atoms with Gasteiger partial charge in [-0.2, -0.15) is 0 Å². The molecular formula is C28H34BrN5O3. The van der Waals surface area contributed by atoms with Gasteiger partial charge in [-0.15, -0.1) is 0 Å². The minimum absolute atomic E-state index is 0.0469. The van der Waals surface area contributed by atoms with Crippen LogP contribution in [0.15, 0.2) is 34.9 Å². The summed E-state index contributed by atoms with van der Waals surface area (Å²) in [5.41, 5.74) is 7.69. The highest BCUT2D eigenvalue weighted by molar-refractivity contribution is 9.10. The maximum atomic E-state index is 13.3. The summed E-state index contributed by atoms with van der Waals surface area (Å²) in [6.07, 6.45) is 8.36. The first-order valence-electron chi connectivity index (χ1n) is 13.2. The molecule has 1 aromatic heterocycles. The molecule has 1 aliphatic carbocycles. The van der Waals surface area contributed by atoms with Crippen molar-refractivity contribution in [1.82, 2.24) is 10.3 Å². The van der Waals surface area contributed by atoms with Crippen molar-refractivity contribution in [3.8, 4) is 0 Å². The number of nitrogens with one attached hydrogen (secondary N) is 2. The number of benzene rings is 1. The number of Topliss-reactive ketones (excluding diaryl/α,β-unsaturated/α-hetero) is 1. The number of piperidine rings is 1. The van der Waals surface area contributed by atoms with Crippen molar-refractivity contribution in [3.05, 3.63) is 51.6 Å². The summed E-state index contributed by atoms with van der Waals surface area (Å²) in [5, 5.41) is 6.53. The van der Waals surface area contributed by atoms with Crippen molar-refractivity contribution < 1.29 is 14.4 Å². The van der Waals surface area contributed by atoms with Crippen molar-refractivity contribution in [1.29, 1.82) is 0 Å². The van der Waals surface area contributed by atoms with E-state index in [9.17, 15) is 14.4 Å². The Morgan fingerprint density at radius 3 is 2.38 bits per heavy atom. The number of ketones is 1. The highest BCUT2D eigenvalue weighted by Gasteiger charge is 2.42. The Balaban J connectivity index is 1.27. The van der Waals surface area contributed by atoms with E-state index in [1.165, 1.54) is 0 Å². The molecule has 5 rings (SSSR count). The van der Waals surface area contributed by atoms with Crippen molar-refractivity contribution in [2.45, 2.75) is 83.0 Å². The van der Waals surface area contributed by atoms with E-state index in [0.29, 0.717) is 38.9 Å². The van der Waals surface area contributed by atoms with E-state index in [4.69, 9.17) is 5.73 Å². The molecular weight excluding hydrogens is 534 g/mol. The SMILES string of the molecule is CC[C@@H](C)Nc1cc(C(=O)NC2CC3CCC(C2)N3c2ccc(C(=O)C3CC3)cn2)c(Br)cc1C(N)=O. The highest BCUT2D eigenvalue weighted by atomic mass is 79.9. The molecule has 2 aromatic rings. The van der Waals surface area contributed by atoms with Gasteiger partial charge < -0.3 is 21.3 Å². The van der Waals surface area contributed by atoms with Crippen LogP contribution in [0.1, 0.15) is 89.9 Å². The van der Waals surface area contributed by atoms with E-state index >= 15 is 0 Å². The molecule has 0 radical (unpaired) electrons. The number of pyridine rings is 1. The first-order valence-corrected chi connectivity index (χ1v) is 14.0. The lowest BCUT2D eigenvalue weighted by atomic mass is 9.96. The van der Waals surface area contributed by atoms with Gasteiger partial charge in [0.1, 0.15) is 5.82 Å². The fourth-order valence-corrected chi connectivity index (χ4v) is 6.16. The third kappa shape index (κ3) is 5.37. The van der Waals surface area contributed by atoms with E-state index in [1.807, 2.05) is 26.0 Å². The number of carbonyl (C=O) groups excluding carboxylic acids is 3. The Bertz CT molecular complexity index is 1200. The number of primary amides is 1. The summed E-state index contributed by atoms with van der Waals surface area (Å²) in [4.78, 5) is 44.7. The number of anilines is 2. The summed E-state index contributed by atoms with van der Waals surface area (Å²) in [5.74, 6) is 0.600. The Morgan fingerprint density at radius 1 is 1.11 bits per heavy atom. The van der Waals surface area contributed by atoms with Crippen molar-refractivity contribution in [2.75, 3.05) is 10.2 Å². The molecule has 2 aliphatic heterocycles. The Labute approximate surface area is 225 Å². The largest absolute Gasteiger partial charge is 0.382 e. The molecule has 3 heterocycles. The fraction of sp³-hybridized carbons (Fsp3) is 0.500. The van der Waals surface area contributed by atoms with Crippen LogP contribution in [0, 0.1) is 5.92 Å². The molecule has 2 unspecified atom stereocenters. The van der Waals surface area contributed by atoms with Gasteiger partial charge in [-0.3, -0.25) is 14.4 Å². The van der Waals surface area contributed by atoms with Crippen molar-refractivity contribution >= 4 is 45.0 Å². The van der Waals surface area contributed by atoms with Crippen LogP contribution in [-0.4, -0.2) is 46.7 Å². The average molecular weight is 569 g/mol. The van der Waals surface area contributed by atoms with Gasteiger partial charge in [0, 0.05) is 52.0 Å². The maximum absolute atomic E-state index is 13.3. The molecule has 1 saturated carbocycles. The predicted molar refractivity (Wildman–Crippen MR) is 147 cm³/mol. The minimum Gasteiger partial charge on any atom is -0.382 e. The molecule has 3 fully saturated rings. The summed E-state index contributed by atoms with van der Waals surface area (Å²) < 4.78 is 0.541. The van der Waals surface area contributed by atoms with E-state index in [2.05, 4.69) is 36.4 Å². The van der Waals surface area contributed by atoms with Gasteiger partial charge in [0.25, 0.3) is 11.8 Å². The van der Waals surface area contributed by atoms with Gasteiger partial charge in [0.2, 0.25) is 0 Å². The number of nitrogens with zero attached hydrogens (tertiary/aromatic N) is 2. The molecule has 2 amide bonds. The summed E-state index contributed by atoms with van der Waals surface area (Å²) in [7, 11) is 0. The van der Waals surface area contributed by atoms with Crippen LogP contribution in [0.2, 0.25) is 0 Å². The van der Waals surface area contributed by atoms with E-state index < -0.39 is 5.91 Å². The monoisotopic (exact) mass is 567 g/mol. The summed E-state index contributed by atoms with van der Waals surface area (Å²) in [6.45, 7) is 4.07. The zero-order valence-electron chi connectivity index (χ0n) is 21.3. The standard InChI is InChI=1S/C28H34BrN5O3/c1-3-15(2)32-24-13-21(23(29)12-22(24)27(30)36)28(37)33-18-10-19-7-8-20(11-18)34(19)25-9-6-17(14-31-25)26(35)16-4-5-16/h6,9,12-16,18-20,32H,3-5,7-8,10-11H2,1-2H3,(H2,30,36)(H,33,37)/t15-,18?,19?,20?/m1/s1. The third-order valence-corrected chi connectivity index (χ3v) is 8.60. The van der Waals surface area contributed by atoms with Crippen LogP contribution in [0.5, 0.6) is 0 Å². The smallest absolute Gasteiger partial charge is 0.252 e. The minimum atomic E-state index is -0.541. The van der Waals surface area contributed by atoms with Gasteiger partial charge in [-0.05, 0) is 92.1 Å². The number of rotatable bonds is 9. The molecule has 4 N–H and O–H groups in total. The molecule has 3 atom stereocenters. The number of carbonyl (C=O) groups is 3. The first-order chi connectivity index (χ1) is 17.7. The lowest BCUT2D eigenvalue weighted by Crippen LogP contribution is -2.50. The zero-order chi connectivity index (χ0) is 26.3. The van der Waals surface area contributed by atoms with E-state index in [1.54, 1.807) is 18.3 Å². The number of hydrogen-bond donors (Lipinski definition) is 3. The molecule has 2 bridgehead atoms. The predicted octanol–water partition coefficient (Wildman–Crippen LogP) is 4.68. The molecule has 3 aliphatic rings. The van der Waals surface area contributed by atoms with Gasteiger partial charge in [0.15, 0.2) is 5.78 Å². The number of hydrogen-bond acceptors (Lipinski definition) is 6. The number of fused-ring (bicyclic) bond motifs is 2. The second-order valence-electron chi connectivity index (χ2n) is 10.7. The number of amides is 2. The van der Waals surface area contributed by atoms with Crippen LogP contribution in [0.4, 0.5) is 11.5 Å². The Morgan fingerprint density at radius 2 is 1.81 bits per heavy atom. The second kappa shape index (κ2) is 10.4. The molecule has 9 heteroatoms. The molecule has 0 spiro atoms. The summed E-state index contributed by atoms with van der Waals surface area (Å²) in [6, 6.07) is 7.99. The normalized spacial score (nSPS) is 23.4. The van der Waals surface area contributed by atoms with E-state index in [0.717, 1.165) is 50.8 Å². The number of halogens is 1. The first kappa shape index (κ1) is 25.7. The molecule has 1 aromatic carbocycles. The Kier molecular flexibility index (Phi) is 7.25. The number of nitrogens with two attached hydrogens (primary N) is 1. The fourth-order valence-electron chi connectivity index (χ4n) is 5.64. The topological polar surface area (TPSA) is 117 Å². The third-order valence-electron chi connectivity index (χ3n) is 7.94. The van der Waals surface area contributed by atoms with Crippen molar-refractivity contribution in [3.63, 3.8) is 0 Å². The van der Waals surface area contributed by atoms with Gasteiger partial charge in [-0.1, -0.05) is 6.92 Å². The lowest BCUT2D eigenvalue weighted by Gasteiger charge is -2.40. The molecule has 37 heavy (non-hydrogen) atoms. The maximum Gasteiger partial charge on any atom is 0.252 e. The van der Waals surface area contributed by atoms with Crippen molar-refractivity contribution in [2.24, 2.45) is 11.7 Å². The number of aromatic nitrogens is 1. The van der Waals surface area contributed by atoms with Gasteiger partial charge in [-0.25, -0.2) is 4.98 Å². The molecule has 8 nitrogen and oxygen atoms in total. The Hall–Kier alpha value is -2.94. The second-order valence-corrected chi connectivity index (χ2v) is 11.5. The van der Waals surface area contributed by atoms with Crippen LogP contribution in [0.25, 0.3) is 0 Å². The lowest BCUT2D eigenvalue weighted by molar-refractivity contribution is 0.0923. The van der Waals surface area contributed by atoms with Crippen LogP contribution < -0.4 is 21.3 Å². The quantitative estimate of drug-likeness (QED) is 0.379.